The van der Waals surface area contributed by atoms with Crippen molar-refractivity contribution in [2.45, 2.75) is 6.04 Å². The first-order valence-electron chi connectivity index (χ1n) is 8.82. The molecule has 1 fully saturated rings. The Bertz CT molecular complexity index is 774. The van der Waals surface area contributed by atoms with E-state index < -0.39 is 5.82 Å². The van der Waals surface area contributed by atoms with Gasteiger partial charge in [0.1, 0.15) is 0 Å². The largest absolute Gasteiger partial charge is 0.494 e. The van der Waals surface area contributed by atoms with Crippen molar-refractivity contribution in [2.75, 3.05) is 40.0 Å². The van der Waals surface area contributed by atoms with Gasteiger partial charge in [-0.05, 0) is 35.2 Å². The SMILES string of the molecule is COc1ccc(C=CC(=O)NCC(c2cccs2)N2CCOCC2)cc1F. The zero-order chi connectivity index (χ0) is 19.1. The molecule has 1 aliphatic heterocycles. The molecule has 1 unspecified atom stereocenters. The number of ether oxygens (including phenoxy) is 2. The molecule has 1 amide bonds. The number of hydrogen-bond donors (Lipinski definition) is 1. The smallest absolute Gasteiger partial charge is 0.244 e. The quantitative estimate of drug-likeness (QED) is 0.738. The molecule has 1 N–H and O–H groups in total. The van der Waals surface area contributed by atoms with Crippen molar-refractivity contribution in [2.24, 2.45) is 0 Å². The van der Waals surface area contributed by atoms with Crippen LogP contribution in [-0.2, 0) is 9.53 Å². The van der Waals surface area contributed by atoms with E-state index in [2.05, 4.69) is 16.3 Å². The van der Waals surface area contributed by atoms with Crippen LogP contribution in [0.1, 0.15) is 16.5 Å². The van der Waals surface area contributed by atoms with Gasteiger partial charge in [-0.1, -0.05) is 12.1 Å². The number of amides is 1. The van der Waals surface area contributed by atoms with Gasteiger partial charge in [0.05, 0.1) is 26.4 Å². The van der Waals surface area contributed by atoms with Crippen LogP contribution in [-0.4, -0.2) is 50.8 Å². The third-order valence-corrected chi connectivity index (χ3v) is 5.40. The highest BCUT2D eigenvalue weighted by molar-refractivity contribution is 7.10. The highest BCUT2D eigenvalue weighted by Gasteiger charge is 2.23. The van der Waals surface area contributed by atoms with Crippen LogP contribution < -0.4 is 10.1 Å². The number of rotatable bonds is 7. The highest BCUT2D eigenvalue weighted by Crippen LogP contribution is 2.25. The summed E-state index contributed by atoms with van der Waals surface area (Å²) in [5.74, 6) is -0.480. The van der Waals surface area contributed by atoms with Gasteiger partial charge in [-0.2, -0.15) is 0 Å². The number of nitrogens with one attached hydrogen (secondary N) is 1. The maximum absolute atomic E-state index is 13.7. The lowest BCUT2D eigenvalue weighted by Crippen LogP contribution is -2.43. The minimum atomic E-state index is -0.454. The van der Waals surface area contributed by atoms with E-state index in [1.54, 1.807) is 23.5 Å². The van der Waals surface area contributed by atoms with Gasteiger partial charge in [0.25, 0.3) is 0 Å². The molecule has 0 radical (unpaired) electrons. The van der Waals surface area contributed by atoms with E-state index >= 15 is 0 Å². The van der Waals surface area contributed by atoms with E-state index in [9.17, 15) is 9.18 Å². The summed E-state index contributed by atoms with van der Waals surface area (Å²) in [5.41, 5.74) is 0.603. The van der Waals surface area contributed by atoms with Crippen LogP contribution in [0.2, 0.25) is 0 Å². The molecule has 0 bridgehead atoms. The van der Waals surface area contributed by atoms with Crippen molar-refractivity contribution in [1.82, 2.24) is 10.2 Å². The zero-order valence-corrected chi connectivity index (χ0v) is 16.0. The standard InChI is InChI=1S/C20H23FN2O3S/c1-25-18-6-4-15(13-16(18)21)5-7-20(24)22-14-17(19-3-2-12-27-19)23-8-10-26-11-9-23/h2-7,12-13,17H,8-11,14H2,1H3,(H,22,24). The number of hydrogen-bond acceptors (Lipinski definition) is 5. The average Bonchev–Trinajstić information content (AvgIpc) is 3.22. The molecule has 0 spiro atoms. The summed E-state index contributed by atoms with van der Waals surface area (Å²) in [6, 6.07) is 8.82. The van der Waals surface area contributed by atoms with E-state index in [-0.39, 0.29) is 17.7 Å². The molecule has 1 aromatic carbocycles. The van der Waals surface area contributed by atoms with Crippen LogP contribution in [0, 0.1) is 5.82 Å². The van der Waals surface area contributed by atoms with Crippen molar-refractivity contribution >= 4 is 23.3 Å². The van der Waals surface area contributed by atoms with E-state index in [1.807, 2.05) is 11.4 Å². The lowest BCUT2D eigenvalue weighted by Gasteiger charge is -2.34. The Balaban J connectivity index is 1.59. The Morgan fingerprint density at radius 3 is 2.89 bits per heavy atom. The van der Waals surface area contributed by atoms with E-state index in [0.29, 0.717) is 25.3 Å². The number of benzene rings is 1. The second-order valence-corrected chi connectivity index (χ2v) is 7.13. The Morgan fingerprint density at radius 1 is 1.41 bits per heavy atom. The van der Waals surface area contributed by atoms with Gasteiger partial charge in [0.15, 0.2) is 11.6 Å². The fourth-order valence-electron chi connectivity index (χ4n) is 2.99. The molecule has 1 aromatic heterocycles. The second kappa shape index (κ2) is 9.64. The summed E-state index contributed by atoms with van der Waals surface area (Å²) >= 11 is 1.69. The van der Waals surface area contributed by atoms with Gasteiger partial charge in [-0.3, -0.25) is 9.69 Å². The maximum Gasteiger partial charge on any atom is 0.244 e. The molecule has 1 atom stereocenters. The molecule has 5 nitrogen and oxygen atoms in total. The topological polar surface area (TPSA) is 50.8 Å². The van der Waals surface area contributed by atoms with Crippen molar-refractivity contribution in [1.29, 1.82) is 0 Å². The number of halogens is 1. The first kappa shape index (κ1) is 19.5. The summed E-state index contributed by atoms with van der Waals surface area (Å²) < 4.78 is 24.0. The van der Waals surface area contributed by atoms with Crippen LogP contribution in [0.15, 0.2) is 41.8 Å². The van der Waals surface area contributed by atoms with Gasteiger partial charge in [0.2, 0.25) is 5.91 Å². The van der Waals surface area contributed by atoms with Crippen molar-refractivity contribution < 1.29 is 18.7 Å². The van der Waals surface area contributed by atoms with Crippen LogP contribution in [0.5, 0.6) is 5.75 Å². The summed E-state index contributed by atoms with van der Waals surface area (Å²) in [6.07, 6.45) is 3.01. The van der Waals surface area contributed by atoms with E-state index in [0.717, 1.165) is 13.1 Å². The third-order valence-electron chi connectivity index (χ3n) is 4.43. The van der Waals surface area contributed by atoms with Crippen molar-refractivity contribution in [3.8, 4) is 5.75 Å². The second-order valence-electron chi connectivity index (χ2n) is 6.15. The molecule has 1 saturated heterocycles. The Kier molecular flexibility index (Phi) is 6.98. The molecule has 2 aromatic rings. The van der Waals surface area contributed by atoms with Gasteiger partial charge in [0, 0.05) is 30.6 Å². The molecule has 0 aliphatic carbocycles. The molecule has 144 valence electrons. The lowest BCUT2D eigenvalue weighted by molar-refractivity contribution is -0.116. The molecule has 7 heteroatoms. The molecule has 1 aliphatic rings. The fraction of sp³-hybridized carbons (Fsp3) is 0.350. The van der Waals surface area contributed by atoms with Crippen molar-refractivity contribution in [3.63, 3.8) is 0 Å². The van der Waals surface area contributed by atoms with E-state index in [1.165, 1.54) is 30.2 Å². The fourth-order valence-corrected chi connectivity index (χ4v) is 3.85. The zero-order valence-electron chi connectivity index (χ0n) is 15.2. The van der Waals surface area contributed by atoms with Crippen LogP contribution in [0.25, 0.3) is 6.08 Å². The number of carbonyl (C=O) groups is 1. The summed E-state index contributed by atoms with van der Waals surface area (Å²) in [4.78, 5) is 15.8. The molecule has 0 saturated carbocycles. The Labute approximate surface area is 162 Å². The van der Waals surface area contributed by atoms with Gasteiger partial charge >= 0.3 is 0 Å². The predicted molar refractivity (Wildman–Crippen MR) is 104 cm³/mol. The summed E-state index contributed by atoms with van der Waals surface area (Å²) in [6.45, 7) is 3.62. The van der Waals surface area contributed by atoms with Gasteiger partial charge in [-0.25, -0.2) is 4.39 Å². The number of morpholine rings is 1. The maximum atomic E-state index is 13.7. The minimum absolute atomic E-state index is 0.129. The number of nitrogens with zero attached hydrogens (tertiary/aromatic N) is 1. The Hall–Kier alpha value is -2.22. The molecule has 27 heavy (non-hydrogen) atoms. The molecule has 3 rings (SSSR count). The molecular weight excluding hydrogens is 367 g/mol. The molecule has 2 heterocycles. The predicted octanol–water partition coefficient (Wildman–Crippen LogP) is 3.10. The first-order chi connectivity index (χ1) is 13.2. The van der Waals surface area contributed by atoms with Gasteiger partial charge < -0.3 is 14.8 Å². The first-order valence-corrected chi connectivity index (χ1v) is 9.70. The van der Waals surface area contributed by atoms with Crippen LogP contribution >= 0.6 is 11.3 Å². The monoisotopic (exact) mass is 390 g/mol. The number of carbonyl (C=O) groups excluding carboxylic acids is 1. The summed E-state index contributed by atoms with van der Waals surface area (Å²) in [7, 11) is 1.42. The summed E-state index contributed by atoms with van der Waals surface area (Å²) in [5, 5.41) is 5.00. The van der Waals surface area contributed by atoms with Gasteiger partial charge in [-0.15, -0.1) is 11.3 Å². The molecular formula is C20H23FN2O3S. The Morgan fingerprint density at radius 2 is 2.22 bits per heavy atom. The minimum Gasteiger partial charge on any atom is -0.494 e. The van der Waals surface area contributed by atoms with E-state index in [4.69, 9.17) is 9.47 Å². The van der Waals surface area contributed by atoms with Crippen LogP contribution in [0.3, 0.4) is 0 Å². The average molecular weight is 390 g/mol. The normalized spacial score (nSPS) is 16.4. The lowest BCUT2D eigenvalue weighted by atomic mass is 10.1. The van der Waals surface area contributed by atoms with Crippen LogP contribution in [0.4, 0.5) is 4.39 Å². The number of thiophene rings is 1. The van der Waals surface area contributed by atoms with Crippen molar-refractivity contribution in [3.05, 3.63) is 58.0 Å². The number of methoxy groups -OCH3 is 1. The highest BCUT2D eigenvalue weighted by atomic mass is 32.1. The third kappa shape index (κ3) is 5.38.